The molecule has 5 heteroatoms. The molecular formula is C17H27N3O2. The van der Waals surface area contributed by atoms with Crippen molar-refractivity contribution in [3.05, 3.63) is 24.3 Å². The summed E-state index contributed by atoms with van der Waals surface area (Å²) in [5.74, 6) is 0.263. The van der Waals surface area contributed by atoms with Crippen LogP contribution >= 0.6 is 0 Å². The van der Waals surface area contributed by atoms with Crippen LogP contribution in [-0.2, 0) is 9.59 Å². The first-order chi connectivity index (χ1) is 10.3. The first kappa shape index (κ1) is 18.0. The summed E-state index contributed by atoms with van der Waals surface area (Å²) in [4.78, 5) is 27.3. The second-order valence-corrected chi connectivity index (χ2v) is 6.11. The predicted octanol–water partition coefficient (Wildman–Crippen LogP) is 2.59. The lowest BCUT2D eigenvalue weighted by Gasteiger charge is -2.21. The summed E-state index contributed by atoms with van der Waals surface area (Å²) >= 11 is 0. The molecule has 5 nitrogen and oxygen atoms in total. The van der Waals surface area contributed by atoms with Crippen LogP contribution < -0.4 is 10.2 Å². The largest absolute Gasteiger partial charge is 0.378 e. The van der Waals surface area contributed by atoms with E-state index < -0.39 is 0 Å². The van der Waals surface area contributed by atoms with E-state index in [9.17, 15) is 9.59 Å². The molecule has 0 heterocycles. The summed E-state index contributed by atoms with van der Waals surface area (Å²) in [6, 6.07) is 7.60. The average Bonchev–Trinajstić information content (AvgIpc) is 2.43. The SMILES string of the molecule is CC(=O)N(CCC(C)C)CC(=O)Nc1ccc(N(C)C)cc1. The van der Waals surface area contributed by atoms with E-state index in [0.717, 1.165) is 17.8 Å². The Bertz CT molecular complexity index is 495. The lowest BCUT2D eigenvalue weighted by Crippen LogP contribution is -2.37. The zero-order valence-electron chi connectivity index (χ0n) is 14.2. The minimum atomic E-state index is -0.170. The first-order valence-electron chi connectivity index (χ1n) is 7.62. The quantitative estimate of drug-likeness (QED) is 0.842. The summed E-state index contributed by atoms with van der Waals surface area (Å²) in [5, 5.41) is 2.83. The number of carbonyl (C=O) groups excluding carboxylic acids is 2. The lowest BCUT2D eigenvalue weighted by atomic mass is 10.1. The van der Waals surface area contributed by atoms with Gasteiger partial charge < -0.3 is 15.1 Å². The van der Waals surface area contributed by atoms with Crippen LogP contribution in [0, 0.1) is 5.92 Å². The van der Waals surface area contributed by atoms with Gasteiger partial charge in [-0.15, -0.1) is 0 Å². The fourth-order valence-electron chi connectivity index (χ4n) is 1.98. The van der Waals surface area contributed by atoms with Gasteiger partial charge in [0.1, 0.15) is 0 Å². The Morgan fingerprint density at radius 3 is 2.18 bits per heavy atom. The number of amides is 2. The molecule has 0 aromatic heterocycles. The third-order valence-corrected chi connectivity index (χ3v) is 3.42. The van der Waals surface area contributed by atoms with Crippen molar-refractivity contribution in [2.24, 2.45) is 5.92 Å². The summed E-state index contributed by atoms with van der Waals surface area (Å²) in [6.07, 6.45) is 0.893. The molecule has 1 N–H and O–H groups in total. The van der Waals surface area contributed by atoms with Crippen LogP contribution in [0.25, 0.3) is 0 Å². The van der Waals surface area contributed by atoms with Gasteiger partial charge in [0.2, 0.25) is 11.8 Å². The Labute approximate surface area is 133 Å². The molecular weight excluding hydrogens is 278 g/mol. The summed E-state index contributed by atoms with van der Waals surface area (Å²) in [6.45, 7) is 6.41. The Morgan fingerprint density at radius 2 is 1.73 bits per heavy atom. The van der Waals surface area contributed by atoms with Gasteiger partial charge >= 0.3 is 0 Å². The molecule has 0 bridgehead atoms. The van der Waals surface area contributed by atoms with Crippen molar-refractivity contribution in [1.82, 2.24) is 4.90 Å². The molecule has 1 aromatic rings. The summed E-state index contributed by atoms with van der Waals surface area (Å²) in [5.41, 5.74) is 1.81. The van der Waals surface area contributed by atoms with Gasteiger partial charge in [-0.1, -0.05) is 13.8 Å². The van der Waals surface area contributed by atoms with Crippen LogP contribution in [0.1, 0.15) is 27.2 Å². The third kappa shape index (κ3) is 6.16. The minimum absolute atomic E-state index is 0.0706. The van der Waals surface area contributed by atoms with Crippen molar-refractivity contribution < 1.29 is 9.59 Å². The topological polar surface area (TPSA) is 52.7 Å². The molecule has 0 atom stereocenters. The highest BCUT2D eigenvalue weighted by atomic mass is 16.2. The van der Waals surface area contributed by atoms with Crippen LogP contribution in [0.15, 0.2) is 24.3 Å². The van der Waals surface area contributed by atoms with Gasteiger partial charge in [0.25, 0.3) is 0 Å². The van der Waals surface area contributed by atoms with E-state index in [1.54, 1.807) is 4.90 Å². The molecule has 1 rings (SSSR count). The van der Waals surface area contributed by atoms with Crippen LogP contribution in [0.4, 0.5) is 11.4 Å². The normalized spacial score (nSPS) is 10.5. The smallest absolute Gasteiger partial charge is 0.243 e. The first-order valence-corrected chi connectivity index (χ1v) is 7.62. The maximum absolute atomic E-state index is 12.1. The third-order valence-electron chi connectivity index (χ3n) is 3.42. The molecule has 0 radical (unpaired) electrons. The Hall–Kier alpha value is -2.04. The number of benzene rings is 1. The Morgan fingerprint density at radius 1 is 1.14 bits per heavy atom. The van der Waals surface area contributed by atoms with E-state index in [1.165, 1.54) is 6.92 Å². The predicted molar refractivity (Wildman–Crippen MR) is 91.1 cm³/mol. The highest BCUT2D eigenvalue weighted by Crippen LogP contribution is 2.15. The van der Waals surface area contributed by atoms with E-state index >= 15 is 0 Å². The van der Waals surface area contributed by atoms with E-state index in [-0.39, 0.29) is 18.4 Å². The highest BCUT2D eigenvalue weighted by molar-refractivity contribution is 5.94. The molecule has 0 spiro atoms. The lowest BCUT2D eigenvalue weighted by molar-refractivity contribution is -0.132. The van der Waals surface area contributed by atoms with E-state index in [1.807, 2.05) is 43.3 Å². The Balaban J connectivity index is 2.57. The molecule has 0 unspecified atom stereocenters. The van der Waals surface area contributed by atoms with Crippen molar-refractivity contribution in [3.63, 3.8) is 0 Å². The van der Waals surface area contributed by atoms with Crippen LogP contribution in [0.5, 0.6) is 0 Å². The summed E-state index contributed by atoms with van der Waals surface area (Å²) < 4.78 is 0. The average molecular weight is 305 g/mol. The molecule has 0 saturated carbocycles. The molecule has 0 fully saturated rings. The molecule has 1 aromatic carbocycles. The van der Waals surface area contributed by atoms with Crippen LogP contribution in [0.2, 0.25) is 0 Å². The van der Waals surface area contributed by atoms with Crippen molar-refractivity contribution >= 4 is 23.2 Å². The number of nitrogens with one attached hydrogen (secondary N) is 1. The van der Waals surface area contributed by atoms with Gasteiger partial charge in [0, 0.05) is 38.9 Å². The standard InChI is InChI=1S/C17H27N3O2/c1-13(2)10-11-20(14(3)21)12-17(22)18-15-6-8-16(9-7-15)19(4)5/h6-9,13H,10-12H2,1-5H3,(H,18,22). The van der Waals surface area contributed by atoms with Gasteiger partial charge in [0.15, 0.2) is 0 Å². The second kappa shape index (κ2) is 8.41. The van der Waals surface area contributed by atoms with Gasteiger partial charge in [-0.2, -0.15) is 0 Å². The maximum atomic E-state index is 12.1. The number of hydrogen-bond acceptors (Lipinski definition) is 3. The number of anilines is 2. The number of hydrogen-bond donors (Lipinski definition) is 1. The summed E-state index contributed by atoms with van der Waals surface area (Å²) in [7, 11) is 3.93. The van der Waals surface area contributed by atoms with Crippen molar-refractivity contribution in [2.75, 3.05) is 37.4 Å². The molecule has 2 amide bonds. The van der Waals surface area contributed by atoms with Gasteiger partial charge in [0.05, 0.1) is 6.54 Å². The van der Waals surface area contributed by atoms with E-state index in [0.29, 0.717) is 12.5 Å². The minimum Gasteiger partial charge on any atom is -0.378 e. The van der Waals surface area contributed by atoms with Crippen molar-refractivity contribution in [2.45, 2.75) is 27.2 Å². The molecule has 0 aliphatic carbocycles. The van der Waals surface area contributed by atoms with Crippen LogP contribution in [0.3, 0.4) is 0 Å². The van der Waals surface area contributed by atoms with Crippen LogP contribution in [-0.4, -0.2) is 43.9 Å². The fourth-order valence-corrected chi connectivity index (χ4v) is 1.98. The molecule has 0 aliphatic heterocycles. The van der Waals surface area contributed by atoms with Gasteiger partial charge in [-0.3, -0.25) is 9.59 Å². The van der Waals surface area contributed by atoms with E-state index in [4.69, 9.17) is 0 Å². The number of nitrogens with zero attached hydrogens (tertiary/aromatic N) is 2. The van der Waals surface area contributed by atoms with Gasteiger partial charge in [-0.05, 0) is 36.6 Å². The molecule has 122 valence electrons. The molecule has 0 saturated heterocycles. The number of rotatable bonds is 7. The monoisotopic (exact) mass is 305 g/mol. The fraction of sp³-hybridized carbons (Fsp3) is 0.529. The van der Waals surface area contributed by atoms with Crippen molar-refractivity contribution in [3.8, 4) is 0 Å². The Kier molecular flexibility index (Phi) is 6.89. The molecule has 22 heavy (non-hydrogen) atoms. The van der Waals surface area contributed by atoms with E-state index in [2.05, 4.69) is 19.2 Å². The number of carbonyl (C=O) groups is 2. The second-order valence-electron chi connectivity index (χ2n) is 6.11. The maximum Gasteiger partial charge on any atom is 0.243 e. The zero-order valence-corrected chi connectivity index (χ0v) is 14.2. The zero-order chi connectivity index (χ0) is 16.7. The molecule has 0 aliphatic rings. The van der Waals surface area contributed by atoms with Gasteiger partial charge in [-0.25, -0.2) is 0 Å². The highest BCUT2D eigenvalue weighted by Gasteiger charge is 2.14. The van der Waals surface area contributed by atoms with Crippen molar-refractivity contribution in [1.29, 1.82) is 0 Å².